The van der Waals surface area contributed by atoms with Crippen molar-refractivity contribution in [1.29, 1.82) is 0 Å². The highest BCUT2D eigenvalue weighted by molar-refractivity contribution is 7.22. The van der Waals surface area contributed by atoms with Crippen molar-refractivity contribution in [1.82, 2.24) is 4.98 Å². The van der Waals surface area contributed by atoms with E-state index in [2.05, 4.69) is 4.98 Å². The zero-order chi connectivity index (χ0) is 9.59. The van der Waals surface area contributed by atoms with Crippen LogP contribution in [0.2, 0.25) is 15.1 Å². The second-order valence-electron chi connectivity index (χ2n) is 2.39. The first-order chi connectivity index (χ1) is 6.09. The van der Waals surface area contributed by atoms with E-state index in [0.717, 1.165) is 4.70 Å². The highest BCUT2D eigenvalue weighted by atomic mass is 35.5. The molecular weight excluding hydrogens is 251 g/mol. The molecule has 0 bridgehead atoms. The largest absolute Gasteiger partial charge is 0.375 e. The number of fused-ring (bicyclic) bond motifs is 1. The highest BCUT2D eigenvalue weighted by Crippen LogP contribution is 2.39. The van der Waals surface area contributed by atoms with Crippen LogP contribution in [0.4, 0.5) is 5.13 Å². The normalized spacial score (nSPS) is 11.0. The van der Waals surface area contributed by atoms with Gasteiger partial charge in [0.2, 0.25) is 0 Å². The third-order valence-corrected chi connectivity index (χ3v) is 3.83. The van der Waals surface area contributed by atoms with Gasteiger partial charge in [0.15, 0.2) is 5.13 Å². The number of nitrogens with zero attached hydrogens (tertiary/aromatic N) is 1. The number of benzene rings is 1. The monoisotopic (exact) mass is 252 g/mol. The molecule has 68 valence electrons. The first-order valence-corrected chi connectivity index (χ1v) is 5.24. The summed E-state index contributed by atoms with van der Waals surface area (Å²) in [6.45, 7) is 0. The van der Waals surface area contributed by atoms with Crippen LogP contribution in [0.25, 0.3) is 10.2 Å². The number of nitrogen functional groups attached to an aromatic ring is 1. The lowest BCUT2D eigenvalue weighted by Gasteiger charge is -1.98. The maximum atomic E-state index is 5.94. The van der Waals surface area contributed by atoms with Gasteiger partial charge in [-0.1, -0.05) is 46.1 Å². The zero-order valence-corrected chi connectivity index (χ0v) is 9.23. The van der Waals surface area contributed by atoms with Crippen LogP contribution in [0.5, 0.6) is 0 Å². The summed E-state index contributed by atoms with van der Waals surface area (Å²) >= 11 is 18.9. The number of hydrogen-bond donors (Lipinski definition) is 1. The molecule has 1 aromatic carbocycles. The number of aromatic nitrogens is 1. The summed E-state index contributed by atoms with van der Waals surface area (Å²) in [5, 5.41) is 1.61. The topological polar surface area (TPSA) is 38.9 Å². The van der Waals surface area contributed by atoms with Gasteiger partial charge in [-0.25, -0.2) is 4.98 Å². The van der Waals surface area contributed by atoms with E-state index in [1.165, 1.54) is 11.3 Å². The van der Waals surface area contributed by atoms with E-state index >= 15 is 0 Å². The van der Waals surface area contributed by atoms with Gasteiger partial charge in [0.1, 0.15) is 0 Å². The molecule has 0 unspecified atom stereocenters. The van der Waals surface area contributed by atoms with Crippen molar-refractivity contribution in [3.8, 4) is 0 Å². The summed E-state index contributed by atoms with van der Waals surface area (Å²) in [5.41, 5.74) is 6.20. The summed E-state index contributed by atoms with van der Waals surface area (Å²) in [6.07, 6.45) is 0. The maximum absolute atomic E-state index is 5.94. The molecule has 6 heteroatoms. The second-order valence-corrected chi connectivity index (χ2v) is 4.58. The molecule has 1 heterocycles. The lowest BCUT2D eigenvalue weighted by molar-refractivity contribution is 1.50. The summed E-state index contributed by atoms with van der Waals surface area (Å²) in [6, 6.07) is 1.65. The molecule has 0 amide bonds. The van der Waals surface area contributed by atoms with Crippen LogP contribution in [0.15, 0.2) is 6.07 Å². The van der Waals surface area contributed by atoms with Crippen LogP contribution in [0, 0.1) is 0 Å². The Kier molecular flexibility index (Phi) is 2.28. The van der Waals surface area contributed by atoms with E-state index < -0.39 is 0 Å². The number of thiazole rings is 1. The standard InChI is InChI=1S/C7H3Cl3N2S/c8-2-1-3-6(5(10)4(2)9)13-7(11)12-3/h1H,(H2,11,12). The van der Waals surface area contributed by atoms with Crippen LogP contribution in [0.1, 0.15) is 0 Å². The van der Waals surface area contributed by atoms with E-state index in [9.17, 15) is 0 Å². The molecule has 2 N–H and O–H groups in total. The van der Waals surface area contributed by atoms with E-state index in [-0.39, 0.29) is 0 Å². The summed E-state index contributed by atoms with van der Waals surface area (Å²) < 4.78 is 0.772. The van der Waals surface area contributed by atoms with Gasteiger partial charge in [-0.05, 0) is 6.07 Å². The SMILES string of the molecule is Nc1nc2cc(Cl)c(Cl)c(Cl)c2s1. The molecule has 2 rings (SSSR count). The van der Waals surface area contributed by atoms with Crippen LogP contribution in [-0.2, 0) is 0 Å². The van der Waals surface area contributed by atoms with Crippen molar-refractivity contribution in [3.05, 3.63) is 21.1 Å². The van der Waals surface area contributed by atoms with Crippen molar-refractivity contribution in [2.24, 2.45) is 0 Å². The van der Waals surface area contributed by atoms with Crippen LogP contribution in [-0.4, -0.2) is 4.98 Å². The Morgan fingerprint density at radius 3 is 2.62 bits per heavy atom. The van der Waals surface area contributed by atoms with E-state index in [0.29, 0.717) is 25.7 Å². The van der Waals surface area contributed by atoms with Gasteiger partial charge in [0.25, 0.3) is 0 Å². The Morgan fingerprint density at radius 2 is 1.92 bits per heavy atom. The predicted molar refractivity (Wildman–Crippen MR) is 59.1 cm³/mol. The average Bonchev–Trinajstić information content (AvgIpc) is 2.42. The van der Waals surface area contributed by atoms with E-state index in [1.54, 1.807) is 6.07 Å². The molecular formula is C7H3Cl3N2S. The Labute approximate surface area is 93.2 Å². The van der Waals surface area contributed by atoms with Crippen molar-refractivity contribution >= 4 is 61.5 Å². The zero-order valence-electron chi connectivity index (χ0n) is 6.14. The van der Waals surface area contributed by atoms with Crippen molar-refractivity contribution in [3.63, 3.8) is 0 Å². The van der Waals surface area contributed by atoms with Crippen molar-refractivity contribution < 1.29 is 0 Å². The molecule has 0 radical (unpaired) electrons. The highest BCUT2D eigenvalue weighted by Gasteiger charge is 2.12. The molecule has 0 aliphatic rings. The molecule has 0 saturated carbocycles. The van der Waals surface area contributed by atoms with E-state index in [1.807, 2.05) is 0 Å². The fourth-order valence-corrected chi connectivity index (χ4v) is 2.51. The molecule has 13 heavy (non-hydrogen) atoms. The minimum Gasteiger partial charge on any atom is -0.375 e. The minimum atomic E-state index is 0.347. The predicted octanol–water partition coefficient (Wildman–Crippen LogP) is 3.84. The van der Waals surface area contributed by atoms with Gasteiger partial charge >= 0.3 is 0 Å². The third-order valence-electron chi connectivity index (χ3n) is 1.54. The lowest BCUT2D eigenvalue weighted by Crippen LogP contribution is -1.79. The van der Waals surface area contributed by atoms with Gasteiger partial charge in [-0.3, -0.25) is 0 Å². The molecule has 2 aromatic rings. The maximum Gasteiger partial charge on any atom is 0.181 e. The van der Waals surface area contributed by atoms with Gasteiger partial charge in [0.05, 0.1) is 25.3 Å². The van der Waals surface area contributed by atoms with Gasteiger partial charge in [0, 0.05) is 0 Å². The molecule has 0 fully saturated rings. The first-order valence-electron chi connectivity index (χ1n) is 3.29. The van der Waals surface area contributed by atoms with Gasteiger partial charge in [-0.2, -0.15) is 0 Å². The van der Waals surface area contributed by atoms with Crippen molar-refractivity contribution in [2.75, 3.05) is 5.73 Å². The quantitative estimate of drug-likeness (QED) is 0.725. The Bertz CT molecular complexity index is 480. The van der Waals surface area contributed by atoms with Crippen LogP contribution >= 0.6 is 46.1 Å². The molecule has 0 atom stereocenters. The first kappa shape index (κ1) is 9.34. The van der Waals surface area contributed by atoms with Gasteiger partial charge < -0.3 is 5.73 Å². The van der Waals surface area contributed by atoms with Crippen LogP contribution in [0.3, 0.4) is 0 Å². The Morgan fingerprint density at radius 1 is 1.23 bits per heavy atom. The molecule has 0 aliphatic carbocycles. The summed E-state index contributed by atoms with van der Waals surface area (Å²) in [7, 11) is 0. The minimum absolute atomic E-state index is 0.347. The summed E-state index contributed by atoms with van der Waals surface area (Å²) in [4.78, 5) is 4.04. The average molecular weight is 254 g/mol. The number of nitrogens with two attached hydrogens (primary N) is 1. The number of anilines is 1. The second kappa shape index (κ2) is 3.17. The lowest BCUT2D eigenvalue weighted by atomic mass is 10.3. The summed E-state index contributed by atoms with van der Waals surface area (Å²) in [5.74, 6) is 0. The number of rotatable bonds is 0. The van der Waals surface area contributed by atoms with Gasteiger partial charge in [-0.15, -0.1) is 0 Å². The molecule has 1 aromatic heterocycles. The van der Waals surface area contributed by atoms with Crippen molar-refractivity contribution in [2.45, 2.75) is 0 Å². The number of hydrogen-bond acceptors (Lipinski definition) is 3. The van der Waals surface area contributed by atoms with E-state index in [4.69, 9.17) is 40.5 Å². The molecule has 2 nitrogen and oxygen atoms in total. The smallest absolute Gasteiger partial charge is 0.181 e. The third kappa shape index (κ3) is 1.46. The Balaban J connectivity index is 2.92. The fraction of sp³-hybridized carbons (Fsp3) is 0. The number of halogens is 3. The molecule has 0 saturated heterocycles. The molecule has 0 spiro atoms. The fourth-order valence-electron chi connectivity index (χ4n) is 0.992. The van der Waals surface area contributed by atoms with Crippen LogP contribution < -0.4 is 5.73 Å². The Hall–Kier alpha value is -0.220. The molecule has 0 aliphatic heterocycles.